The Morgan fingerprint density at radius 3 is 2.69 bits per heavy atom. The van der Waals surface area contributed by atoms with E-state index < -0.39 is 0 Å². The fourth-order valence-electron chi connectivity index (χ4n) is 2.43. The molecule has 2 unspecified atom stereocenters. The van der Waals surface area contributed by atoms with Crippen LogP contribution in [0.2, 0.25) is 0 Å². The third-order valence-electron chi connectivity index (χ3n) is 3.19. The van der Waals surface area contributed by atoms with Crippen molar-refractivity contribution in [3.8, 4) is 0 Å². The van der Waals surface area contributed by atoms with E-state index >= 15 is 0 Å². The molecule has 0 aliphatic carbocycles. The van der Waals surface area contributed by atoms with E-state index in [-0.39, 0.29) is 17.8 Å². The number of esters is 1. The highest BCUT2D eigenvalue weighted by molar-refractivity contribution is 5.76. The molecule has 1 rings (SSSR count). The average molecular weight is 227 g/mol. The lowest BCUT2D eigenvalue weighted by atomic mass is 10.0. The Morgan fingerprint density at radius 1 is 1.50 bits per heavy atom. The number of hydrogen-bond donors (Lipinski definition) is 0. The van der Waals surface area contributed by atoms with Gasteiger partial charge in [0, 0.05) is 13.0 Å². The number of nitrogens with zero attached hydrogens (tertiary/aromatic N) is 1. The monoisotopic (exact) mass is 227 g/mol. The van der Waals surface area contributed by atoms with Crippen molar-refractivity contribution in [2.24, 2.45) is 5.92 Å². The van der Waals surface area contributed by atoms with Crippen molar-refractivity contribution in [1.82, 2.24) is 4.90 Å². The van der Waals surface area contributed by atoms with Gasteiger partial charge in [0.15, 0.2) is 0 Å². The van der Waals surface area contributed by atoms with Gasteiger partial charge in [-0.15, -0.1) is 0 Å². The Bertz CT molecular complexity index is 265. The summed E-state index contributed by atoms with van der Waals surface area (Å²) in [5, 5.41) is 0. The van der Waals surface area contributed by atoms with E-state index in [1.165, 1.54) is 7.11 Å². The summed E-state index contributed by atoms with van der Waals surface area (Å²) in [5.41, 5.74) is 0. The largest absolute Gasteiger partial charge is 0.468 e. The second-order valence-corrected chi connectivity index (χ2v) is 4.50. The van der Waals surface area contributed by atoms with E-state index in [2.05, 4.69) is 4.90 Å². The van der Waals surface area contributed by atoms with Crippen LogP contribution < -0.4 is 0 Å². The van der Waals surface area contributed by atoms with E-state index in [9.17, 15) is 9.59 Å². The molecule has 4 nitrogen and oxygen atoms in total. The van der Waals surface area contributed by atoms with Crippen molar-refractivity contribution in [3.63, 3.8) is 0 Å². The molecule has 1 aliphatic rings. The second kappa shape index (κ2) is 5.99. The molecule has 0 radical (unpaired) electrons. The van der Waals surface area contributed by atoms with E-state index in [4.69, 9.17) is 4.74 Å². The van der Waals surface area contributed by atoms with E-state index in [0.29, 0.717) is 12.3 Å². The zero-order valence-electron chi connectivity index (χ0n) is 10.4. The van der Waals surface area contributed by atoms with Crippen molar-refractivity contribution in [1.29, 1.82) is 0 Å². The van der Waals surface area contributed by atoms with Crippen LogP contribution in [-0.2, 0) is 14.3 Å². The van der Waals surface area contributed by atoms with Crippen LogP contribution in [-0.4, -0.2) is 42.9 Å². The van der Waals surface area contributed by atoms with Crippen LogP contribution in [0.1, 0.15) is 33.1 Å². The molecule has 0 saturated carbocycles. The number of Topliss-reactive ketones (excluding diaryl/α,β-unsaturated/α-hetero) is 1. The highest BCUT2D eigenvalue weighted by atomic mass is 16.5. The maximum absolute atomic E-state index is 11.5. The minimum Gasteiger partial charge on any atom is -0.468 e. The predicted octanol–water partition coefficient (Wildman–Crippen LogP) is 1.24. The summed E-state index contributed by atoms with van der Waals surface area (Å²) < 4.78 is 4.78. The minimum absolute atomic E-state index is 0.137. The fourth-order valence-corrected chi connectivity index (χ4v) is 2.43. The molecule has 0 N–H and O–H groups in total. The smallest absolute Gasteiger partial charge is 0.323 e. The van der Waals surface area contributed by atoms with Gasteiger partial charge in [-0.1, -0.05) is 6.92 Å². The number of likely N-dealkylation sites (tertiary alicyclic amines) is 1. The molecule has 0 bridgehead atoms. The summed E-state index contributed by atoms with van der Waals surface area (Å²) >= 11 is 0. The third kappa shape index (κ3) is 3.30. The standard InChI is InChI=1S/C12H21NO3/c1-4-11(12(15)16-3)13-6-5-10(8-13)7-9(2)14/h10-11H,4-8H2,1-3H3. The number of carbonyl (C=O) groups excluding carboxylic acids is 2. The molecule has 1 aliphatic heterocycles. The van der Waals surface area contributed by atoms with E-state index in [0.717, 1.165) is 25.9 Å². The van der Waals surface area contributed by atoms with Crippen molar-refractivity contribution >= 4 is 11.8 Å². The normalized spacial score (nSPS) is 23.1. The predicted molar refractivity (Wildman–Crippen MR) is 61.1 cm³/mol. The van der Waals surface area contributed by atoms with Crippen LogP contribution in [0.25, 0.3) is 0 Å². The molecule has 0 aromatic heterocycles. The zero-order valence-corrected chi connectivity index (χ0v) is 10.4. The molecule has 1 fully saturated rings. The lowest BCUT2D eigenvalue weighted by Crippen LogP contribution is -2.40. The van der Waals surface area contributed by atoms with Crippen LogP contribution in [0.5, 0.6) is 0 Å². The maximum atomic E-state index is 11.5. The molecule has 92 valence electrons. The number of rotatable bonds is 5. The number of methoxy groups -OCH3 is 1. The van der Waals surface area contributed by atoms with Gasteiger partial charge >= 0.3 is 5.97 Å². The van der Waals surface area contributed by atoms with Crippen LogP contribution in [0, 0.1) is 5.92 Å². The van der Waals surface area contributed by atoms with Gasteiger partial charge in [0.1, 0.15) is 11.8 Å². The molecule has 0 amide bonds. The van der Waals surface area contributed by atoms with Gasteiger partial charge in [-0.3, -0.25) is 9.69 Å². The Labute approximate surface area is 96.9 Å². The van der Waals surface area contributed by atoms with Crippen LogP contribution >= 0.6 is 0 Å². The number of hydrogen-bond acceptors (Lipinski definition) is 4. The molecule has 0 aromatic carbocycles. The van der Waals surface area contributed by atoms with Crippen molar-refractivity contribution in [2.45, 2.75) is 39.2 Å². The van der Waals surface area contributed by atoms with Gasteiger partial charge in [0.25, 0.3) is 0 Å². The Hall–Kier alpha value is -0.900. The molecule has 4 heteroatoms. The minimum atomic E-state index is -0.161. The van der Waals surface area contributed by atoms with E-state index in [1.54, 1.807) is 6.92 Å². The van der Waals surface area contributed by atoms with Gasteiger partial charge < -0.3 is 9.53 Å². The molecule has 1 saturated heterocycles. The summed E-state index contributed by atoms with van der Waals surface area (Å²) in [6.45, 7) is 5.35. The SMILES string of the molecule is CCC(C(=O)OC)N1CCC(CC(C)=O)C1. The molecule has 0 aromatic rings. The summed E-state index contributed by atoms with van der Waals surface area (Å²) in [6, 6.07) is -0.137. The highest BCUT2D eigenvalue weighted by Gasteiger charge is 2.32. The second-order valence-electron chi connectivity index (χ2n) is 4.50. The fraction of sp³-hybridized carbons (Fsp3) is 0.833. The summed E-state index contributed by atoms with van der Waals surface area (Å²) in [5.74, 6) is 0.486. The van der Waals surface area contributed by atoms with Gasteiger partial charge in [0.05, 0.1) is 7.11 Å². The van der Waals surface area contributed by atoms with Crippen molar-refractivity contribution in [2.75, 3.05) is 20.2 Å². The number of carbonyl (C=O) groups is 2. The van der Waals surface area contributed by atoms with Crippen LogP contribution in [0.3, 0.4) is 0 Å². The summed E-state index contributed by atoms with van der Waals surface area (Å²) in [7, 11) is 1.42. The van der Waals surface area contributed by atoms with Crippen LogP contribution in [0.15, 0.2) is 0 Å². The molecule has 0 spiro atoms. The van der Waals surface area contributed by atoms with Gasteiger partial charge in [-0.05, 0) is 32.2 Å². The van der Waals surface area contributed by atoms with Crippen molar-refractivity contribution < 1.29 is 14.3 Å². The Kier molecular flexibility index (Phi) is 4.93. The average Bonchev–Trinajstić information content (AvgIpc) is 2.66. The van der Waals surface area contributed by atoms with Crippen molar-refractivity contribution in [3.05, 3.63) is 0 Å². The molecular formula is C12H21NO3. The molecule has 16 heavy (non-hydrogen) atoms. The lowest BCUT2D eigenvalue weighted by Gasteiger charge is -2.24. The topological polar surface area (TPSA) is 46.6 Å². The summed E-state index contributed by atoms with van der Waals surface area (Å²) in [6.07, 6.45) is 2.40. The van der Waals surface area contributed by atoms with Gasteiger partial charge in [-0.25, -0.2) is 0 Å². The Morgan fingerprint density at radius 2 is 2.19 bits per heavy atom. The van der Waals surface area contributed by atoms with Gasteiger partial charge in [0.2, 0.25) is 0 Å². The molecule has 1 heterocycles. The first-order valence-electron chi connectivity index (χ1n) is 5.89. The Balaban J connectivity index is 2.50. The quantitative estimate of drug-likeness (QED) is 0.663. The first kappa shape index (κ1) is 13.2. The first-order chi connectivity index (χ1) is 7.58. The molecule has 2 atom stereocenters. The molecular weight excluding hydrogens is 206 g/mol. The van der Waals surface area contributed by atoms with Gasteiger partial charge in [-0.2, -0.15) is 0 Å². The zero-order chi connectivity index (χ0) is 12.1. The maximum Gasteiger partial charge on any atom is 0.323 e. The third-order valence-corrected chi connectivity index (χ3v) is 3.19. The summed E-state index contributed by atoms with van der Waals surface area (Å²) in [4.78, 5) is 24.7. The first-order valence-corrected chi connectivity index (χ1v) is 5.89. The lowest BCUT2D eigenvalue weighted by molar-refractivity contribution is -0.146. The van der Waals surface area contributed by atoms with E-state index in [1.807, 2.05) is 6.92 Å². The highest BCUT2D eigenvalue weighted by Crippen LogP contribution is 2.23. The number of ether oxygens (including phenoxy) is 1. The van der Waals surface area contributed by atoms with Crippen LogP contribution in [0.4, 0.5) is 0 Å². The number of ketones is 1.